The summed E-state index contributed by atoms with van der Waals surface area (Å²) in [6, 6.07) is 0. The van der Waals surface area contributed by atoms with Crippen LogP contribution in [0.5, 0.6) is 0 Å². The van der Waals surface area contributed by atoms with Crippen molar-refractivity contribution in [2.75, 3.05) is 50.7 Å². The molecule has 0 aliphatic heterocycles. The fourth-order valence-corrected chi connectivity index (χ4v) is 3.48. The van der Waals surface area contributed by atoms with Gasteiger partial charge < -0.3 is 18.9 Å². The van der Waals surface area contributed by atoms with E-state index in [1.165, 1.54) is 70.6 Å². The van der Waals surface area contributed by atoms with Crippen LogP contribution >= 0.6 is 22.6 Å². The maximum absolute atomic E-state index is 11.7. The largest absolute Gasteiger partial charge is 0.463 e. The minimum absolute atomic E-state index is 0.106. The van der Waals surface area contributed by atoms with Gasteiger partial charge >= 0.3 is 5.97 Å². The summed E-state index contributed by atoms with van der Waals surface area (Å²) in [7, 11) is 0. The van der Waals surface area contributed by atoms with E-state index in [9.17, 15) is 4.79 Å². The quantitative estimate of drug-likeness (QED) is 0.0571. The van der Waals surface area contributed by atoms with Gasteiger partial charge in [0.15, 0.2) is 0 Å². The van der Waals surface area contributed by atoms with Crippen LogP contribution in [0, 0.1) is 0 Å². The Morgan fingerprint density at radius 2 is 0.967 bits per heavy atom. The molecule has 0 aliphatic rings. The van der Waals surface area contributed by atoms with Gasteiger partial charge in [0.25, 0.3) is 0 Å². The number of carbonyl (C=O) groups excluding carboxylic acids is 1. The van der Waals surface area contributed by atoms with E-state index in [-0.39, 0.29) is 5.97 Å². The van der Waals surface area contributed by atoms with Gasteiger partial charge in [-0.1, -0.05) is 107 Å². The molecular formula is C24H47IO5. The molecule has 0 spiro atoms. The number of halogens is 1. The first-order chi connectivity index (χ1) is 14.8. The average molecular weight is 543 g/mol. The molecule has 0 rings (SSSR count). The van der Waals surface area contributed by atoms with Crippen LogP contribution < -0.4 is 0 Å². The molecule has 0 bridgehead atoms. The average Bonchev–Trinajstić information content (AvgIpc) is 2.75. The molecule has 0 amide bonds. The first kappa shape index (κ1) is 30.1. The zero-order valence-electron chi connectivity index (χ0n) is 19.5. The van der Waals surface area contributed by atoms with E-state index in [0.29, 0.717) is 46.1 Å². The van der Waals surface area contributed by atoms with Crippen molar-refractivity contribution in [3.63, 3.8) is 0 Å². The number of alkyl halides is 1. The molecule has 180 valence electrons. The highest BCUT2D eigenvalue weighted by Crippen LogP contribution is 2.13. The van der Waals surface area contributed by atoms with E-state index in [1.54, 1.807) is 0 Å². The summed E-state index contributed by atoms with van der Waals surface area (Å²) in [5.41, 5.74) is 0. The normalized spacial score (nSPS) is 11.1. The third-order valence-electron chi connectivity index (χ3n) is 4.94. The van der Waals surface area contributed by atoms with Gasteiger partial charge in [-0.2, -0.15) is 0 Å². The summed E-state index contributed by atoms with van der Waals surface area (Å²) >= 11 is 2.28. The molecule has 0 aromatic carbocycles. The Bertz CT molecular complexity index is 342. The summed E-state index contributed by atoms with van der Waals surface area (Å²) in [5, 5.41) is 0. The summed E-state index contributed by atoms with van der Waals surface area (Å²) in [5.74, 6) is -0.106. The maximum Gasteiger partial charge on any atom is 0.305 e. The SMILES string of the molecule is CCCCCCCCCCCCCCCC(=O)OCCOCCOCCOCCI. The van der Waals surface area contributed by atoms with E-state index < -0.39 is 0 Å². The summed E-state index contributed by atoms with van der Waals surface area (Å²) < 4.78 is 22.3. The molecule has 0 aromatic heterocycles. The molecule has 0 radical (unpaired) electrons. The summed E-state index contributed by atoms with van der Waals surface area (Å²) in [6.45, 7) is 6.07. The number of unbranched alkanes of at least 4 members (excludes halogenated alkanes) is 12. The highest BCUT2D eigenvalue weighted by molar-refractivity contribution is 14.1. The Kier molecular flexibility index (Phi) is 27.2. The van der Waals surface area contributed by atoms with Crippen molar-refractivity contribution < 1.29 is 23.7 Å². The third kappa shape index (κ3) is 26.1. The van der Waals surface area contributed by atoms with Gasteiger partial charge in [0.1, 0.15) is 6.61 Å². The van der Waals surface area contributed by atoms with Crippen LogP contribution in [-0.2, 0) is 23.7 Å². The molecule has 0 aromatic rings. The van der Waals surface area contributed by atoms with Gasteiger partial charge in [-0.25, -0.2) is 0 Å². The second-order valence-corrected chi connectivity index (χ2v) is 8.82. The fraction of sp³-hybridized carbons (Fsp3) is 0.958. The van der Waals surface area contributed by atoms with Gasteiger partial charge in [0, 0.05) is 10.8 Å². The molecule has 0 fully saturated rings. The first-order valence-corrected chi connectivity index (χ1v) is 13.8. The minimum atomic E-state index is -0.106. The third-order valence-corrected chi connectivity index (χ3v) is 5.38. The fourth-order valence-electron chi connectivity index (χ4n) is 3.17. The molecule has 5 nitrogen and oxygen atoms in total. The standard InChI is InChI=1S/C24H47IO5/c1-2-3-4-5-6-7-8-9-10-11-12-13-14-15-24(26)30-23-22-29-21-20-28-19-18-27-17-16-25/h2-23H2,1H3. The molecule has 0 saturated heterocycles. The molecule has 0 N–H and O–H groups in total. The predicted molar refractivity (Wildman–Crippen MR) is 133 cm³/mol. The number of rotatable bonds is 25. The lowest BCUT2D eigenvalue weighted by molar-refractivity contribution is -0.145. The zero-order chi connectivity index (χ0) is 22.0. The lowest BCUT2D eigenvalue weighted by atomic mass is 10.0. The van der Waals surface area contributed by atoms with Gasteiger partial charge in [-0.3, -0.25) is 4.79 Å². The number of hydrogen-bond acceptors (Lipinski definition) is 5. The van der Waals surface area contributed by atoms with Crippen molar-refractivity contribution in [1.29, 1.82) is 0 Å². The Hall–Kier alpha value is 0.0800. The van der Waals surface area contributed by atoms with Crippen molar-refractivity contribution in [1.82, 2.24) is 0 Å². The lowest BCUT2D eigenvalue weighted by Crippen LogP contribution is -2.14. The first-order valence-electron chi connectivity index (χ1n) is 12.3. The monoisotopic (exact) mass is 542 g/mol. The molecule has 0 aliphatic carbocycles. The number of ether oxygens (including phenoxy) is 4. The smallest absolute Gasteiger partial charge is 0.305 e. The van der Waals surface area contributed by atoms with Crippen LogP contribution in [0.2, 0.25) is 0 Å². The Morgan fingerprint density at radius 1 is 0.567 bits per heavy atom. The summed E-state index contributed by atoms with van der Waals surface area (Å²) in [4.78, 5) is 11.7. The molecule has 0 atom stereocenters. The number of carbonyl (C=O) groups is 1. The number of esters is 1. The molecule has 30 heavy (non-hydrogen) atoms. The highest BCUT2D eigenvalue weighted by atomic mass is 127. The van der Waals surface area contributed by atoms with Crippen LogP contribution in [0.3, 0.4) is 0 Å². The van der Waals surface area contributed by atoms with Crippen LogP contribution in [0.25, 0.3) is 0 Å². The second-order valence-electron chi connectivity index (χ2n) is 7.74. The summed E-state index contributed by atoms with van der Waals surface area (Å²) in [6.07, 6.45) is 17.6. The van der Waals surface area contributed by atoms with E-state index in [4.69, 9.17) is 18.9 Å². The molecule has 0 heterocycles. The van der Waals surface area contributed by atoms with Crippen molar-refractivity contribution in [3.8, 4) is 0 Å². The van der Waals surface area contributed by atoms with Crippen LogP contribution in [0.15, 0.2) is 0 Å². The van der Waals surface area contributed by atoms with Crippen LogP contribution in [-0.4, -0.2) is 56.6 Å². The molecular weight excluding hydrogens is 495 g/mol. The predicted octanol–water partition coefficient (Wildman–Crippen LogP) is 6.50. The van der Waals surface area contributed by atoms with Crippen molar-refractivity contribution in [3.05, 3.63) is 0 Å². The van der Waals surface area contributed by atoms with Crippen LogP contribution in [0.1, 0.15) is 96.8 Å². The van der Waals surface area contributed by atoms with Gasteiger partial charge in [0.2, 0.25) is 0 Å². The lowest BCUT2D eigenvalue weighted by Gasteiger charge is -2.07. The number of hydrogen-bond donors (Lipinski definition) is 0. The minimum Gasteiger partial charge on any atom is -0.463 e. The maximum atomic E-state index is 11.7. The molecule has 6 heteroatoms. The van der Waals surface area contributed by atoms with E-state index in [0.717, 1.165) is 23.9 Å². The Morgan fingerprint density at radius 3 is 1.43 bits per heavy atom. The van der Waals surface area contributed by atoms with Crippen molar-refractivity contribution in [2.24, 2.45) is 0 Å². The Labute approximate surface area is 199 Å². The molecule has 0 saturated carbocycles. The van der Waals surface area contributed by atoms with Gasteiger partial charge in [0.05, 0.1) is 39.6 Å². The topological polar surface area (TPSA) is 54.0 Å². The van der Waals surface area contributed by atoms with Crippen LogP contribution in [0.4, 0.5) is 0 Å². The van der Waals surface area contributed by atoms with Gasteiger partial charge in [-0.15, -0.1) is 0 Å². The van der Waals surface area contributed by atoms with E-state index in [2.05, 4.69) is 29.5 Å². The zero-order valence-corrected chi connectivity index (χ0v) is 21.6. The molecule has 0 unspecified atom stereocenters. The van der Waals surface area contributed by atoms with Crippen molar-refractivity contribution in [2.45, 2.75) is 96.8 Å². The van der Waals surface area contributed by atoms with Crippen molar-refractivity contribution >= 4 is 28.6 Å². The van der Waals surface area contributed by atoms with E-state index >= 15 is 0 Å². The van der Waals surface area contributed by atoms with E-state index in [1.807, 2.05) is 0 Å². The highest BCUT2D eigenvalue weighted by Gasteiger charge is 2.02. The Balaban J connectivity index is 3.13. The second kappa shape index (κ2) is 27.1. The van der Waals surface area contributed by atoms with Gasteiger partial charge in [-0.05, 0) is 6.42 Å².